The molecule has 0 unspecified atom stereocenters. The Morgan fingerprint density at radius 2 is 1.83 bits per heavy atom. The van der Waals surface area contributed by atoms with E-state index in [1.807, 2.05) is 0 Å². The molecule has 4 nitrogen and oxygen atoms in total. The summed E-state index contributed by atoms with van der Waals surface area (Å²) in [5.41, 5.74) is 10.7. The summed E-state index contributed by atoms with van der Waals surface area (Å²) in [6.07, 6.45) is 10.0. The van der Waals surface area contributed by atoms with Crippen LogP contribution in [0.5, 0.6) is 0 Å². The molecule has 24 heavy (non-hydrogen) atoms. The molecule has 0 spiro atoms. The van der Waals surface area contributed by atoms with Crippen LogP contribution in [0.4, 0.5) is 5.69 Å². The first kappa shape index (κ1) is 15.9. The zero-order valence-electron chi connectivity index (χ0n) is 14.2. The number of carbonyl (C=O) groups excluding carboxylic acids is 1. The molecular weight excluding hydrogens is 320 g/mol. The number of thiophene rings is 1. The highest BCUT2D eigenvalue weighted by Crippen LogP contribution is 2.40. The van der Waals surface area contributed by atoms with Crippen molar-refractivity contribution in [3.8, 4) is 0 Å². The molecule has 2 aliphatic carbocycles. The van der Waals surface area contributed by atoms with Crippen LogP contribution in [-0.4, -0.2) is 17.1 Å². The van der Waals surface area contributed by atoms with E-state index in [2.05, 4.69) is 6.92 Å². The summed E-state index contributed by atoms with van der Waals surface area (Å²) in [6, 6.07) is 0. The largest absolute Gasteiger partial charge is 0.458 e. The lowest BCUT2D eigenvalue weighted by Crippen LogP contribution is -2.20. The maximum Gasteiger partial charge on any atom is 0.350 e. The van der Waals surface area contributed by atoms with Gasteiger partial charge in [-0.1, -0.05) is 6.42 Å². The van der Waals surface area contributed by atoms with Crippen molar-refractivity contribution in [2.45, 2.75) is 70.8 Å². The van der Waals surface area contributed by atoms with E-state index in [9.17, 15) is 4.79 Å². The van der Waals surface area contributed by atoms with Crippen molar-refractivity contribution in [1.82, 2.24) is 4.98 Å². The monoisotopic (exact) mass is 344 g/mol. The van der Waals surface area contributed by atoms with E-state index in [0.29, 0.717) is 10.6 Å². The van der Waals surface area contributed by atoms with Crippen LogP contribution in [0, 0.1) is 6.92 Å². The van der Waals surface area contributed by atoms with Crippen LogP contribution < -0.4 is 5.73 Å². The van der Waals surface area contributed by atoms with Crippen molar-refractivity contribution in [3.63, 3.8) is 0 Å². The second kappa shape index (κ2) is 6.36. The molecular formula is C19H24N2O2S. The maximum absolute atomic E-state index is 12.6. The highest BCUT2D eigenvalue weighted by Gasteiger charge is 2.26. The molecule has 0 bridgehead atoms. The lowest BCUT2D eigenvalue weighted by molar-refractivity contribution is 0.0218. The number of fused-ring (bicyclic) bond motifs is 3. The molecule has 2 aliphatic rings. The summed E-state index contributed by atoms with van der Waals surface area (Å²) in [4.78, 5) is 18.8. The first-order valence-electron chi connectivity index (χ1n) is 9.06. The molecule has 128 valence electrons. The summed E-state index contributed by atoms with van der Waals surface area (Å²) >= 11 is 1.40. The Balaban J connectivity index is 1.71. The Morgan fingerprint density at radius 1 is 1.12 bits per heavy atom. The molecule has 1 fully saturated rings. The Bertz CT molecular complexity index is 790. The SMILES string of the molecule is Cc1nc2sc(C(=O)OC3CCCCC3)c(N)c2c2c1CCCC2. The fourth-order valence-electron chi connectivity index (χ4n) is 4.14. The lowest BCUT2D eigenvalue weighted by Gasteiger charge is -2.21. The summed E-state index contributed by atoms with van der Waals surface area (Å²) in [5.74, 6) is -0.260. The number of nitrogen functional groups attached to an aromatic ring is 1. The van der Waals surface area contributed by atoms with Gasteiger partial charge < -0.3 is 10.5 Å². The molecule has 0 amide bonds. The van der Waals surface area contributed by atoms with Crippen LogP contribution in [0.15, 0.2) is 0 Å². The number of esters is 1. The highest BCUT2D eigenvalue weighted by molar-refractivity contribution is 7.21. The number of hydrogen-bond donors (Lipinski definition) is 1. The van der Waals surface area contributed by atoms with Crippen molar-refractivity contribution in [2.75, 3.05) is 5.73 Å². The maximum atomic E-state index is 12.6. The van der Waals surface area contributed by atoms with Crippen molar-refractivity contribution in [3.05, 3.63) is 21.7 Å². The first-order chi connectivity index (χ1) is 11.6. The van der Waals surface area contributed by atoms with Gasteiger partial charge in [-0.25, -0.2) is 9.78 Å². The van der Waals surface area contributed by atoms with Crippen molar-refractivity contribution >= 4 is 33.2 Å². The number of aromatic nitrogens is 1. The number of nitrogens with two attached hydrogens (primary N) is 1. The molecule has 0 aromatic carbocycles. The van der Waals surface area contributed by atoms with Crippen molar-refractivity contribution in [1.29, 1.82) is 0 Å². The molecule has 2 aromatic heterocycles. The van der Waals surface area contributed by atoms with Crippen LogP contribution in [0.3, 0.4) is 0 Å². The standard InChI is InChI=1S/C19H24N2O2S/c1-11-13-9-5-6-10-14(13)15-16(20)17(24-18(15)21-11)19(22)23-12-7-3-2-4-8-12/h12H,2-10,20H2,1H3. The number of aryl methyl sites for hydroxylation is 2. The lowest BCUT2D eigenvalue weighted by atomic mass is 9.89. The van der Waals surface area contributed by atoms with Gasteiger partial charge >= 0.3 is 5.97 Å². The van der Waals surface area contributed by atoms with E-state index < -0.39 is 0 Å². The van der Waals surface area contributed by atoms with Gasteiger partial charge in [0.25, 0.3) is 0 Å². The Labute approximate surface area is 146 Å². The Kier molecular flexibility index (Phi) is 4.21. The molecule has 2 heterocycles. The van der Waals surface area contributed by atoms with Gasteiger partial charge in [0.15, 0.2) is 0 Å². The molecule has 0 atom stereocenters. The Morgan fingerprint density at radius 3 is 2.58 bits per heavy atom. The second-order valence-corrected chi connectivity index (χ2v) is 8.05. The Hall–Kier alpha value is -1.62. The number of hydrogen-bond acceptors (Lipinski definition) is 5. The number of nitrogens with zero attached hydrogens (tertiary/aromatic N) is 1. The van der Waals surface area contributed by atoms with E-state index in [1.165, 1.54) is 41.7 Å². The fraction of sp³-hybridized carbons (Fsp3) is 0.579. The van der Waals surface area contributed by atoms with E-state index >= 15 is 0 Å². The summed E-state index contributed by atoms with van der Waals surface area (Å²) in [5, 5.41) is 1.01. The van der Waals surface area contributed by atoms with Crippen LogP contribution in [0.25, 0.3) is 10.2 Å². The molecule has 4 rings (SSSR count). The minimum absolute atomic E-state index is 0.0551. The average Bonchev–Trinajstić information content (AvgIpc) is 2.93. The number of rotatable bonds is 2. The van der Waals surface area contributed by atoms with Crippen LogP contribution in [0.1, 0.15) is 71.4 Å². The van der Waals surface area contributed by atoms with Gasteiger partial charge in [0, 0.05) is 11.1 Å². The van der Waals surface area contributed by atoms with Gasteiger partial charge in [-0.3, -0.25) is 0 Å². The molecule has 0 radical (unpaired) electrons. The summed E-state index contributed by atoms with van der Waals surface area (Å²) in [7, 11) is 0. The highest BCUT2D eigenvalue weighted by atomic mass is 32.1. The van der Waals surface area contributed by atoms with E-state index in [-0.39, 0.29) is 12.1 Å². The minimum Gasteiger partial charge on any atom is -0.458 e. The third kappa shape index (κ3) is 2.69. The molecule has 0 saturated heterocycles. The number of carbonyl (C=O) groups is 1. The predicted molar refractivity (Wildman–Crippen MR) is 97.7 cm³/mol. The summed E-state index contributed by atoms with van der Waals surface area (Å²) in [6.45, 7) is 2.07. The minimum atomic E-state index is -0.260. The van der Waals surface area contributed by atoms with Gasteiger partial charge in [-0.2, -0.15) is 0 Å². The number of pyridine rings is 1. The van der Waals surface area contributed by atoms with Gasteiger partial charge in [0.2, 0.25) is 0 Å². The van der Waals surface area contributed by atoms with Gasteiger partial charge in [-0.05, 0) is 69.4 Å². The van der Waals surface area contributed by atoms with Gasteiger partial charge in [-0.15, -0.1) is 11.3 Å². The second-order valence-electron chi connectivity index (χ2n) is 7.05. The first-order valence-corrected chi connectivity index (χ1v) is 9.88. The molecule has 1 saturated carbocycles. The molecule has 2 aromatic rings. The van der Waals surface area contributed by atoms with E-state index in [4.69, 9.17) is 15.5 Å². The van der Waals surface area contributed by atoms with Gasteiger partial charge in [0.1, 0.15) is 15.8 Å². The quantitative estimate of drug-likeness (QED) is 0.811. The van der Waals surface area contributed by atoms with Crippen molar-refractivity contribution in [2.24, 2.45) is 0 Å². The molecule has 0 aliphatic heterocycles. The van der Waals surface area contributed by atoms with Crippen LogP contribution in [0.2, 0.25) is 0 Å². The van der Waals surface area contributed by atoms with Gasteiger partial charge in [0.05, 0.1) is 5.69 Å². The molecule has 5 heteroatoms. The normalized spacial score (nSPS) is 18.5. The van der Waals surface area contributed by atoms with Crippen LogP contribution >= 0.6 is 11.3 Å². The smallest absolute Gasteiger partial charge is 0.350 e. The predicted octanol–water partition coefficient (Wildman–Crippen LogP) is 4.56. The number of ether oxygens (including phenoxy) is 1. The topological polar surface area (TPSA) is 65.2 Å². The zero-order valence-corrected chi connectivity index (χ0v) is 15.0. The average molecular weight is 344 g/mol. The van der Waals surface area contributed by atoms with E-state index in [1.54, 1.807) is 0 Å². The summed E-state index contributed by atoms with van der Waals surface area (Å²) < 4.78 is 5.73. The van der Waals surface area contributed by atoms with Crippen LogP contribution in [-0.2, 0) is 17.6 Å². The van der Waals surface area contributed by atoms with E-state index in [0.717, 1.165) is 54.4 Å². The third-order valence-corrected chi connectivity index (χ3v) is 6.49. The zero-order chi connectivity index (χ0) is 16.7. The molecule has 2 N–H and O–H groups in total. The van der Waals surface area contributed by atoms with Crippen molar-refractivity contribution < 1.29 is 9.53 Å². The fourth-order valence-corrected chi connectivity index (χ4v) is 5.20. The number of anilines is 1. The third-order valence-electron chi connectivity index (χ3n) is 5.41.